The Morgan fingerprint density at radius 1 is 1.19 bits per heavy atom. The number of aromatic nitrogens is 3. The molecule has 0 saturated carbocycles. The van der Waals surface area contributed by atoms with Crippen molar-refractivity contribution in [1.29, 1.82) is 0 Å². The number of benzene rings is 1. The predicted molar refractivity (Wildman–Crippen MR) is 126 cm³/mol. The lowest BCUT2D eigenvalue weighted by Crippen LogP contribution is -2.27. The monoisotopic (exact) mass is 453 g/mol. The van der Waals surface area contributed by atoms with Crippen LogP contribution in [0.4, 0.5) is 11.5 Å². The van der Waals surface area contributed by atoms with E-state index in [0.29, 0.717) is 5.56 Å². The van der Waals surface area contributed by atoms with E-state index >= 15 is 0 Å². The molecule has 0 bridgehead atoms. The maximum atomic E-state index is 10.9. The summed E-state index contributed by atoms with van der Waals surface area (Å²) in [6.45, 7) is 6.30. The molecule has 0 saturated heterocycles. The number of fused-ring (bicyclic) bond motifs is 1. The van der Waals surface area contributed by atoms with Crippen molar-refractivity contribution in [3.63, 3.8) is 0 Å². The van der Waals surface area contributed by atoms with Crippen LogP contribution in [0, 0.1) is 22.0 Å². The first kappa shape index (κ1) is 22.3. The fourth-order valence-electron chi connectivity index (χ4n) is 2.92. The quantitative estimate of drug-likeness (QED) is 0.255. The van der Waals surface area contributed by atoms with Gasteiger partial charge in [0, 0.05) is 35.6 Å². The van der Waals surface area contributed by atoms with Crippen molar-refractivity contribution in [2.75, 3.05) is 5.32 Å². The van der Waals surface area contributed by atoms with E-state index in [1.807, 2.05) is 22.7 Å². The lowest BCUT2D eigenvalue weighted by Gasteiger charge is -2.22. The first-order valence-corrected chi connectivity index (χ1v) is 10.1. The molecule has 0 aliphatic carbocycles. The van der Waals surface area contributed by atoms with Gasteiger partial charge < -0.3 is 5.32 Å². The third kappa shape index (κ3) is 5.02. The molecule has 0 atom stereocenters. The van der Waals surface area contributed by atoms with Crippen LogP contribution in [0.2, 0.25) is 0 Å². The minimum atomic E-state index is -0.420. The molecule has 31 heavy (non-hydrogen) atoms. The molecule has 158 valence electrons. The average Bonchev–Trinajstić information content (AvgIpc) is 3.30. The highest BCUT2D eigenvalue weighted by Gasteiger charge is 2.20. The highest BCUT2D eigenvalue weighted by molar-refractivity contribution is 7.16. The average molecular weight is 454 g/mol. The molecule has 9 heteroatoms. The van der Waals surface area contributed by atoms with Gasteiger partial charge in [0.1, 0.15) is 11.5 Å². The molecule has 0 fully saturated rings. The fraction of sp³-hybridized carbons (Fsp3) is 0.182. The van der Waals surface area contributed by atoms with Gasteiger partial charge in [-0.25, -0.2) is 4.98 Å². The van der Waals surface area contributed by atoms with Crippen LogP contribution in [-0.4, -0.2) is 24.8 Å². The topological polar surface area (TPSA) is 85.4 Å². The molecule has 0 radical (unpaired) electrons. The molecular weight excluding hydrogens is 434 g/mol. The van der Waals surface area contributed by atoms with Crippen molar-refractivity contribution >= 4 is 40.9 Å². The smallest absolute Gasteiger partial charge is 0.270 e. The zero-order valence-electron chi connectivity index (χ0n) is 17.1. The number of thiophene rings is 1. The molecule has 3 heterocycles. The van der Waals surface area contributed by atoms with Gasteiger partial charge in [-0.1, -0.05) is 17.9 Å². The van der Waals surface area contributed by atoms with Gasteiger partial charge >= 0.3 is 0 Å². The Hall–Kier alpha value is -3.41. The predicted octanol–water partition coefficient (Wildman–Crippen LogP) is 5.40. The summed E-state index contributed by atoms with van der Waals surface area (Å²) in [6, 6.07) is 10.3. The minimum Gasteiger partial charge on any atom is -0.365 e. The molecule has 3 aromatic heterocycles. The largest absolute Gasteiger partial charge is 0.365 e. The second kappa shape index (κ2) is 8.76. The van der Waals surface area contributed by atoms with Crippen molar-refractivity contribution in [2.45, 2.75) is 26.3 Å². The number of hydrogen-bond donors (Lipinski definition) is 1. The van der Waals surface area contributed by atoms with Crippen LogP contribution in [0.5, 0.6) is 0 Å². The number of halogens is 1. The third-order valence-corrected chi connectivity index (χ3v) is 5.16. The van der Waals surface area contributed by atoms with Gasteiger partial charge in [0.2, 0.25) is 0 Å². The Labute approximate surface area is 189 Å². The van der Waals surface area contributed by atoms with Crippen molar-refractivity contribution in [1.82, 2.24) is 14.4 Å². The van der Waals surface area contributed by atoms with Gasteiger partial charge in [-0.15, -0.1) is 23.7 Å². The Morgan fingerprint density at radius 3 is 2.74 bits per heavy atom. The summed E-state index contributed by atoms with van der Waals surface area (Å²) in [5.41, 5.74) is 2.09. The SMILES string of the molecule is CC(C)(C)Nc1c(-c2ccc(C#Cc3cccc([N+](=O)[O-])c3)s2)nc2cnccn12.Cl. The van der Waals surface area contributed by atoms with Crippen LogP contribution in [0.1, 0.15) is 31.2 Å². The molecule has 0 aliphatic rings. The number of rotatable bonds is 3. The van der Waals surface area contributed by atoms with Gasteiger partial charge in [0.25, 0.3) is 5.69 Å². The summed E-state index contributed by atoms with van der Waals surface area (Å²) < 4.78 is 1.99. The number of nitro groups is 1. The summed E-state index contributed by atoms with van der Waals surface area (Å²) >= 11 is 1.53. The van der Waals surface area contributed by atoms with E-state index in [1.54, 1.807) is 24.5 Å². The minimum absolute atomic E-state index is 0. The summed E-state index contributed by atoms with van der Waals surface area (Å²) in [5, 5.41) is 14.5. The number of imidazole rings is 1. The summed E-state index contributed by atoms with van der Waals surface area (Å²) in [4.78, 5) is 21.3. The molecular formula is C22H20ClN5O2S. The molecule has 7 nitrogen and oxygen atoms in total. The fourth-order valence-corrected chi connectivity index (χ4v) is 3.77. The van der Waals surface area contributed by atoms with E-state index < -0.39 is 4.92 Å². The molecule has 1 N–H and O–H groups in total. The Bertz CT molecular complexity index is 1310. The number of anilines is 1. The molecule has 1 aromatic carbocycles. The second-order valence-electron chi connectivity index (χ2n) is 7.71. The van der Waals surface area contributed by atoms with E-state index in [0.717, 1.165) is 26.9 Å². The zero-order valence-corrected chi connectivity index (χ0v) is 18.8. The van der Waals surface area contributed by atoms with Gasteiger partial charge in [-0.2, -0.15) is 0 Å². The molecule has 0 spiro atoms. The van der Waals surface area contributed by atoms with E-state index in [9.17, 15) is 10.1 Å². The van der Waals surface area contributed by atoms with Gasteiger partial charge in [-0.05, 0) is 39.0 Å². The number of nitrogens with zero attached hydrogens (tertiary/aromatic N) is 4. The van der Waals surface area contributed by atoms with Gasteiger partial charge in [0.05, 0.1) is 20.9 Å². The highest BCUT2D eigenvalue weighted by Crippen LogP contribution is 2.34. The zero-order chi connectivity index (χ0) is 21.3. The maximum Gasteiger partial charge on any atom is 0.270 e. The van der Waals surface area contributed by atoms with Crippen molar-refractivity contribution in [2.24, 2.45) is 0 Å². The maximum absolute atomic E-state index is 10.9. The molecule has 0 unspecified atom stereocenters. The number of nitro benzene ring substituents is 1. The Balaban J connectivity index is 0.00000272. The third-order valence-electron chi connectivity index (χ3n) is 4.15. The molecule has 4 rings (SSSR count). The normalized spacial score (nSPS) is 10.8. The van der Waals surface area contributed by atoms with Crippen LogP contribution < -0.4 is 5.32 Å². The number of non-ortho nitro benzene ring substituents is 1. The lowest BCUT2D eigenvalue weighted by molar-refractivity contribution is -0.384. The number of hydrogen-bond acceptors (Lipinski definition) is 6. The van der Waals surface area contributed by atoms with Crippen LogP contribution in [0.15, 0.2) is 55.0 Å². The number of nitrogens with one attached hydrogen (secondary N) is 1. The van der Waals surface area contributed by atoms with Gasteiger partial charge in [0.15, 0.2) is 5.65 Å². The summed E-state index contributed by atoms with van der Waals surface area (Å²) in [6.07, 6.45) is 5.35. The van der Waals surface area contributed by atoms with E-state index in [2.05, 4.69) is 42.9 Å². The van der Waals surface area contributed by atoms with Crippen LogP contribution in [0.25, 0.3) is 16.2 Å². The van der Waals surface area contributed by atoms with Crippen LogP contribution in [0.3, 0.4) is 0 Å². The van der Waals surface area contributed by atoms with Gasteiger partial charge in [-0.3, -0.25) is 19.5 Å². The first-order valence-electron chi connectivity index (χ1n) is 9.27. The molecule has 0 amide bonds. The first-order chi connectivity index (χ1) is 14.3. The van der Waals surface area contributed by atoms with Crippen molar-refractivity contribution in [3.05, 3.63) is 75.5 Å². The lowest BCUT2D eigenvalue weighted by atomic mass is 10.1. The Kier molecular flexibility index (Phi) is 6.29. The summed E-state index contributed by atoms with van der Waals surface area (Å²) in [7, 11) is 0. The van der Waals surface area contributed by atoms with Crippen molar-refractivity contribution in [3.8, 4) is 22.4 Å². The molecule has 0 aliphatic heterocycles. The van der Waals surface area contributed by atoms with E-state index in [4.69, 9.17) is 4.98 Å². The molecule has 4 aromatic rings. The highest BCUT2D eigenvalue weighted by atomic mass is 35.5. The standard InChI is InChI=1S/C22H19N5O2S.ClH/c1-22(2,3)25-21-20(24-19-14-23-11-12-26(19)21)18-10-9-17(30-18)8-7-15-5-4-6-16(13-15)27(28)29;/h4-6,9-14,25H,1-3H3;1H. The second-order valence-corrected chi connectivity index (χ2v) is 8.79. The summed E-state index contributed by atoms with van der Waals surface area (Å²) in [5.74, 6) is 7.01. The van der Waals surface area contributed by atoms with E-state index in [1.165, 1.54) is 23.5 Å². The van der Waals surface area contributed by atoms with Crippen molar-refractivity contribution < 1.29 is 4.92 Å². The van der Waals surface area contributed by atoms with E-state index in [-0.39, 0.29) is 23.6 Å². The van der Waals surface area contributed by atoms with Crippen LogP contribution >= 0.6 is 23.7 Å². The van der Waals surface area contributed by atoms with Crippen LogP contribution in [-0.2, 0) is 0 Å². The Morgan fingerprint density at radius 2 is 2.00 bits per heavy atom.